The first kappa shape index (κ1) is 22.9. The number of hydrogen-bond donors (Lipinski definition) is 1. The lowest BCUT2D eigenvalue weighted by Gasteiger charge is -2.26. The van der Waals surface area contributed by atoms with Gasteiger partial charge in [-0.15, -0.1) is 0 Å². The number of hydrogen-bond acceptors (Lipinski definition) is 6. The third kappa shape index (κ3) is 5.50. The van der Waals surface area contributed by atoms with Crippen LogP contribution in [0.1, 0.15) is 12.5 Å². The van der Waals surface area contributed by atoms with E-state index in [4.69, 9.17) is 9.47 Å². The highest BCUT2D eigenvalue weighted by Gasteiger charge is 2.36. The topological polar surface area (TPSA) is 102 Å². The van der Waals surface area contributed by atoms with Crippen LogP contribution >= 0.6 is 38.5 Å². The Morgan fingerprint density at radius 1 is 1.16 bits per heavy atom. The van der Waals surface area contributed by atoms with Crippen LogP contribution in [0.3, 0.4) is 0 Å². The highest BCUT2D eigenvalue weighted by atomic mass is 127. The highest BCUT2D eigenvalue weighted by Crippen LogP contribution is 2.26. The molecule has 0 radical (unpaired) electrons. The molecule has 0 spiro atoms. The summed E-state index contributed by atoms with van der Waals surface area (Å²) >= 11 is 5.32. The van der Waals surface area contributed by atoms with Gasteiger partial charge in [0.15, 0.2) is 6.61 Å². The van der Waals surface area contributed by atoms with E-state index in [0.717, 1.165) is 9.37 Å². The molecule has 1 saturated heterocycles. The summed E-state index contributed by atoms with van der Waals surface area (Å²) < 4.78 is 11.7. The third-order valence-electron chi connectivity index (χ3n) is 4.10. The van der Waals surface area contributed by atoms with E-state index in [-0.39, 0.29) is 18.8 Å². The summed E-state index contributed by atoms with van der Waals surface area (Å²) in [6.07, 6.45) is 1.40. The highest BCUT2D eigenvalue weighted by molar-refractivity contribution is 14.1. The molecule has 1 aliphatic heterocycles. The maximum Gasteiger partial charge on any atom is 0.344 e. The summed E-state index contributed by atoms with van der Waals surface area (Å²) in [5.74, 6) is -1.52. The number of halogens is 2. The van der Waals surface area contributed by atoms with Gasteiger partial charge in [0.05, 0.1) is 15.9 Å². The molecule has 10 heteroatoms. The van der Waals surface area contributed by atoms with E-state index in [0.29, 0.717) is 20.6 Å². The summed E-state index contributed by atoms with van der Waals surface area (Å²) in [4.78, 5) is 49.8. The van der Waals surface area contributed by atoms with Crippen molar-refractivity contribution in [2.24, 2.45) is 0 Å². The van der Waals surface area contributed by atoms with Crippen molar-refractivity contribution in [1.82, 2.24) is 5.32 Å². The number of imide groups is 2. The van der Waals surface area contributed by atoms with Gasteiger partial charge in [-0.25, -0.2) is 14.5 Å². The molecule has 0 aliphatic carbocycles. The maximum atomic E-state index is 12.9. The van der Waals surface area contributed by atoms with Crippen LogP contribution in [-0.2, 0) is 19.1 Å². The first-order valence-electron chi connectivity index (χ1n) is 9.05. The molecule has 4 amide bonds. The second-order valence-corrected chi connectivity index (χ2v) is 8.30. The zero-order valence-corrected chi connectivity index (χ0v) is 19.9. The van der Waals surface area contributed by atoms with Crippen LogP contribution in [0.2, 0.25) is 0 Å². The van der Waals surface area contributed by atoms with Gasteiger partial charge in [-0.05, 0) is 77.6 Å². The van der Waals surface area contributed by atoms with E-state index in [1.165, 1.54) is 6.08 Å². The number of rotatable bonds is 6. The molecule has 2 aromatic rings. The van der Waals surface area contributed by atoms with Crippen molar-refractivity contribution in [3.8, 4) is 5.75 Å². The number of nitrogens with zero attached hydrogens (tertiary/aromatic N) is 1. The fourth-order valence-electron chi connectivity index (χ4n) is 2.71. The summed E-state index contributed by atoms with van der Waals surface area (Å²) in [5, 5.41) is 2.18. The fourth-order valence-corrected chi connectivity index (χ4v) is 3.67. The summed E-state index contributed by atoms with van der Waals surface area (Å²) in [6, 6.07) is 10.7. The van der Waals surface area contributed by atoms with Crippen LogP contribution in [0, 0.1) is 3.57 Å². The Bertz CT molecular complexity index is 1080. The second-order valence-electron chi connectivity index (χ2n) is 6.22. The van der Waals surface area contributed by atoms with Crippen LogP contribution in [-0.4, -0.2) is 37.0 Å². The number of anilines is 1. The van der Waals surface area contributed by atoms with E-state index >= 15 is 0 Å². The van der Waals surface area contributed by atoms with Crippen molar-refractivity contribution in [1.29, 1.82) is 0 Å². The SMILES string of the molecule is CCOC(=O)COc1ccc(/C=C2\C(=O)NC(=O)N(c3ccc(Br)cc3)C2=O)cc1I. The minimum Gasteiger partial charge on any atom is -0.481 e. The molecule has 31 heavy (non-hydrogen) atoms. The predicted molar refractivity (Wildman–Crippen MR) is 124 cm³/mol. The van der Waals surface area contributed by atoms with Gasteiger partial charge in [-0.3, -0.25) is 14.9 Å². The summed E-state index contributed by atoms with van der Waals surface area (Å²) in [7, 11) is 0. The van der Waals surface area contributed by atoms with Crippen LogP contribution in [0.4, 0.5) is 10.5 Å². The molecule has 2 aromatic carbocycles. The van der Waals surface area contributed by atoms with E-state index < -0.39 is 23.8 Å². The normalized spacial score (nSPS) is 15.1. The quantitative estimate of drug-likeness (QED) is 0.236. The van der Waals surface area contributed by atoms with Gasteiger partial charge < -0.3 is 9.47 Å². The van der Waals surface area contributed by atoms with Crippen LogP contribution in [0.15, 0.2) is 52.5 Å². The van der Waals surface area contributed by atoms with Gasteiger partial charge in [-0.2, -0.15) is 0 Å². The molecule has 0 unspecified atom stereocenters. The number of nitrogens with one attached hydrogen (secondary N) is 1. The van der Waals surface area contributed by atoms with Gasteiger partial charge >= 0.3 is 12.0 Å². The van der Waals surface area contributed by atoms with Crippen molar-refractivity contribution < 1.29 is 28.7 Å². The number of esters is 1. The van der Waals surface area contributed by atoms with Crippen LogP contribution in [0.25, 0.3) is 6.08 Å². The first-order chi connectivity index (χ1) is 14.8. The molecule has 0 bridgehead atoms. The van der Waals surface area contributed by atoms with Gasteiger partial charge in [0.1, 0.15) is 11.3 Å². The molecule has 1 fully saturated rings. The zero-order chi connectivity index (χ0) is 22.5. The van der Waals surface area contributed by atoms with Crippen LogP contribution < -0.4 is 15.0 Å². The lowest BCUT2D eigenvalue weighted by atomic mass is 10.1. The summed E-state index contributed by atoms with van der Waals surface area (Å²) in [6.45, 7) is 1.75. The average molecular weight is 599 g/mol. The van der Waals surface area contributed by atoms with Crippen molar-refractivity contribution in [3.05, 3.63) is 61.6 Å². The first-order valence-corrected chi connectivity index (χ1v) is 10.9. The number of barbiturate groups is 1. The van der Waals surface area contributed by atoms with E-state index in [1.807, 2.05) is 22.6 Å². The molecule has 1 aliphatic rings. The fraction of sp³-hybridized carbons (Fsp3) is 0.143. The standard InChI is InChI=1S/C21H16BrIN2O6/c1-2-30-18(26)11-31-17-8-3-12(10-16(17)23)9-15-19(27)24-21(29)25(20(15)28)14-6-4-13(22)5-7-14/h3-10H,2,11H2,1H3,(H,24,27,29)/b15-9+. The molecule has 1 N–H and O–H groups in total. The summed E-state index contributed by atoms with van der Waals surface area (Å²) in [5.41, 5.74) is 0.705. The molecule has 0 saturated carbocycles. The number of benzene rings is 2. The number of urea groups is 1. The Morgan fingerprint density at radius 3 is 2.52 bits per heavy atom. The Labute approximate surface area is 199 Å². The smallest absolute Gasteiger partial charge is 0.344 e. The molecule has 1 heterocycles. The van der Waals surface area contributed by atoms with Crippen molar-refractivity contribution >= 4 is 74.1 Å². The molecule has 8 nitrogen and oxygen atoms in total. The van der Waals surface area contributed by atoms with Gasteiger partial charge in [0.25, 0.3) is 11.8 Å². The van der Waals surface area contributed by atoms with E-state index in [9.17, 15) is 19.2 Å². The zero-order valence-electron chi connectivity index (χ0n) is 16.2. The minimum atomic E-state index is -0.813. The number of ether oxygens (including phenoxy) is 2. The largest absolute Gasteiger partial charge is 0.481 e. The van der Waals surface area contributed by atoms with Crippen molar-refractivity contribution in [2.45, 2.75) is 6.92 Å². The lowest BCUT2D eigenvalue weighted by Crippen LogP contribution is -2.54. The molecular weight excluding hydrogens is 583 g/mol. The van der Waals surface area contributed by atoms with Gasteiger partial charge in [0.2, 0.25) is 0 Å². The van der Waals surface area contributed by atoms with Crippen molar-refractivity contribution in [3.63, 3.8) is 0 Å². The van der Waals surface area contributed by atoms with Crippen LogP contribution in [0.5, 0.6) is 5.75 Å². The van der Waals surface area contributed by atoms with Gasteiger partial charge in [0, 0.05) is 4.47 Å². The van der Waals surface area contributed by atoms with Gasteiger partial charge in [-0.1, -0.05) is 22.0 Å². The number of amides is 4. The maximum absolute atomic E-state index is 12.9. The third-order valence-corrected chi connectivity index (χ3v) is 5.48. The second kappa shape index (κ2) is 10.1. The molecule has 3 rings (SSSR count). The minimum absolute atomic E-state index is 0.182. The Hall–Kier alpha value is -2.73. The average Bonchev–Trinajstić information content (AvgIpc) is 2.72. The predicted octanol–water partition coefficient (Wildman–Crippen LogP) is 3.66. The van der Waals surface area contributed by atoms with E-state index in [1.54, 1.807) is 49.4 Å². The molecular formula is C21H16BrIN2O6. The monoisotopic (exact) mass is 598 g/mol. The molecule has 0 atom stereocenters. The Morgan fingerprint density at radius 2 is 1.87 bits per heavy atom. The Balaban J connectivity index is 1.84. The van der Waals surface area contributed by atoms with Crippen molar-refractivity contribution in [2.75, 3.05) is 18.1 Å². The Kier molecular flexibility index (Phi) is 7.44. The molecule has 160 valence electrons. The number of carbonyl (C=O) groups is 4. The number of carbonyl (C=O) groups excluding carboxylic acids is 4. The molecule has 0 aromatic heterocycles. The lowest BCUT2D eigenvalue weighted by molar-refractivity contribution is -0.145. The van der Waals surface area contributed by atoms with E-state index in [2.05, 4.69) is 21.2 Å².